The maximum absolute atomic E-state index is 6.20. The first kappa shape index (κ1) is 13.0. The summed E-state index contributed by atoms with van der Waals surface area (Å²) in [7, 11) is 0. The fraction of sp³-hybridized carbons (Fsp3) is 0.200. The molecule has 1 aliphatic heterocycles. The number of nitrogens with two attached hydrogens (primary N) is 1. The van der Waals surface area contributed by atoms with Crippen LogP contribution in [0.3, 0.4) is 0 Å². The van der Waals surface area contributed by atoms with Crippen molar-refractivity contribution in [1.29, 1.82) is 0 Å². The molecule has 1 heterocycles. The van der Waals surface area contributed by atoms with Crippen LogP contribution in [0.5, 0.6) is 0 Å². The van der Waals surface area contributed by atoms with E-state index in [1.54, 1.807) is 0 Å². The summed E-state index contributed by atoms with van der Waals surface area (Å²) in [6.45, 7) is 1.68. The molecule has 0 aliphatic carbocycles. The van der Waals surface area contributed by atoms with Crippen LogP contribution >= 0.6 is 27.5 Å². The van der Waals surface area contributed by atoms with Gasteiger partial charge in [-0.1, -0.05) is 39.7 Å². The molecule has 98 valence electrons. The topological polar surface area (TPSA) is 29.3 Å². The van der Waals surface area contributed by atoms with Crippen molar-refractivity contribution < 1.29 is 0 Å². The van der Waals surface area contributed by atoms with Crippen molar-refractivity contribution in [2.45, 2.75) is 12.6 Å². The predicted octanol–water partition coefficient (Wildman–Crippen LogP) is 4.12. The number of hydrogen-bond acceptors (Lipinski definition) is 2. The van der Waals surface area contributed by atoms with Crippen molar-refractivity contribution in [3.63, 3.8) is 0 Å². The number of rotatable bonds is 2. The SMILES string of the molecule is NC1CN(Cc2cccc(Cl)c2)c2ccc(Br)cc21. The summed E-state index contributed by atoms with van der Waals surface area (Å²) in [6, 6.07) is 14.3. The van der Waals surface area contributed by atoms with Gasteiger partial charge in [-0.05, 0) is 41.5 Å². The van der Waals surface area contributed by atoms with Crippen molar-refractivity contribution in [2.75, 3.05) is 11.4 Å². The first-order valence-corrected chi connectivity index (χ1v) is 7.35. The maximum Gasteiger partial charge on any atom is 0.0494 e. The molecule has 2 N–H and O–H groups in total. The van der Waals surface area contributed by atoms with Crippen molar-refractivity contribution in [3.05, 3.63) is 63.1 Å². The highest BCUT2D eigenvalue weighted by molar-refractivity contribution is 9.10. The molecular formula is C15H14BrClN2. The van der Waals surface area contributed by atoms with Gasteiger partial charge in [-0.15, -0.1) is 0 Å². The third kappa shape index (κ3) is 2.64. The van der Waals surface area contributed by atoms with E-state index in [9.17, 15) is 0 Å². The number of fused-ring (bicyclic) bond motifs is 1. The Balaban J connectivity index is 1.89. The molecule has 19 heavy (non-hydrogen) atoms. The minimum absolute atomic E-state index is 0.0756. The summed E-state index contributed by atoms with van der Waals surface area (Å²) < 4.78 is 1.08. The summed E-state index contributed by atoms with van der Waals surface area (Å²) in [5.74, 6) is 0. The summed E-state index contributed by atoms with van der Waals surface area (Å²) in [5, 5.41) is 0.775. The van der Waals surface area contributed by atoms with E-state index in [0.29, 0.717) is 0 Å². The third-order valence-corrected chi connectivity index (χ3v) is 4.14. The van der Waals surface area contributed by atoms with E-state index >= 15 is 0 Å². The minimum Gasteiger partial charge on any atom is -0.365 e. The van der Waals surface area contributed by atoms with E-state index < -0.39 is 0 Å². The number of halogens is 2. The van der Waals surface area contributed by atoms with E-state index in [-0.39, 0.29) is 6.04 Å². The van der Waals surface area contributed by atoms with Gasteiger partial charge in [0.2, 0.25) is 0 Å². The van der Waals surface area contributed by atoms with Gasteiger partial charge in [-0.2, -0.15) is 0 Å². The van der Waals surface area contributed by atoms with Gasteiger partial charge in [0.05, 0.1) is 0 Å². The molecule has 1 aliphatic rings. The number of hydrogen-bond donors (Lipinski definition) is 1. The predicted molar refractivity (Wildman–Crippen MR) is 83.6 cm³/mol. The fourth-order valence-electron chi connectivity index (χ4n) is 2.55. The van der Waals surface area contributed by atoms with Gasteiger partial charge in [0.25, 0.3) is 0 Å². The lowest BCUT2D eigenvalue weighted by molar-refractivity contribution is 0.720. The largest absolute Gasteiger partial charge is 0.365 e. The molecule has 0 aromatic heterocycles. The Labute approximate surface area is 126 Å². The minimum atomic E-state index is 0.0756. The van der Waals surface area contributed by atoms with Gasteiger partial charge < -0.3 is 10.6 Å². The highest BCUT2D eigenvalue weighted by Gasteiger charge is 2.25. The van der Waals surface area contributed by atoms with E-state index in [1.807, 2.05) is 18.2 Å². The molecule has 4 heteroatoms. The fourth-order valence-corrected chi connectivity index (χ4v) is 3.14. The molecule has 2 aromatic rings. The van der Waals surface area contributed by atoms with Crippen LogP contribution in [0.15, 0.2) is 46.9 Å². The van der Waals surface area contributed by atoms with Crippen molar-refractivity contribution in [2.24, 2.45) is 5.73 Å². The van der Waals surface area contributed by atoms with Crippen LogP contribution in [0.4, 0.5) is 5.69 Å². The molecule has 0 bridgehead atoms. The van der Waals surface area contributed by atoms with E-state index in [2.05, 4.69) is 45.1 Å². The Hall–Kier alpha value is -1.03. The number of benzene rings is 2. The van der Waals surface area contributed by atoms with Crippen LogP contribution in [0.25, 0.3) is 0 Å². The third-order valence-electron chi connectivity index (χ3n) is 3.41. The molecule has 0 spiro atoms. The van der Waals surface area contributed by atoms with Gasteiger partial charge >= 0.3 is 0 Å². The van der Waals surface area contributed by atoms with Crippen molar-refractivity contribution in [3.8, 4) is 0 Å². The van der Waals surface area contributed by atoms with Crippen LogP contribution in [0.1, 0.15) is 17.2 Å². The van der Waals surface area contributed by atoms with Crippen molar-refractivity contribution >= 4 is 33.2 Å². The number of nitrogens with zero attached hydrogens (tertiary/aromatic N) is 1. The van der Waals surface area contributed by atoms with Gasteiger partial charge in [-0.25, -0.2) is 0 Å². The van der Waals surface area contributed by atoms with Gasteiger partial charge in [-0.3, -0.25) is 0 Å². The lowest BCUT2D eigenvalue weighted by Gasteiger charge is -2.19. The van der Waals surface area contributed by atoms with Crippen LogP contribution in [0.2, 0.25) is 5.02 Å². The smallest absolute Gasteiger partial charge is 0.0494 e. The molecule has 1 atom stereocenters. The average Bonchev–Trinajstić information content (AvgIpc) is 2.66. The molecule has 0 amide bonds. The normalized spacial score (nSPS) is 17.6. The lowest BCUT2D eigenvalue weighted by atomic mass is 10.1. The van der Waals surface area contributed by atoms with Gasteiger partial charge in [0.15, 0.2) is 0 Å². The molecule has 3 rings (SSSR count). The first-order chi connectivity index (χ1) is 9.13. The number of anilines is 1. The molecule has 0 saturated heterocycles. The molecule has 0 saturated carbocycles. The molecule has 2 nitrogen and oxygen atoms in total. The van der Waals surface area contributed by atoms with Gasteiger partial charge in [0.1, 0.15) is 0 Å². The molecule has 0 fully saturated rings. The second-order valence-electron chi connectivity index (χ2n) is 4.82. The maximum atomic E-state index is 6.20. The monoisotopic (exact) mass is 336 g/mol. The Morgan fingerprint density at radius 1 is 1.26 bits per heavy atom. The summed E-state index contributed by atoms with van der Waals surface area (Å²) in [4.78, 5) is 2.30. The summed E-state index contributed by atoms with van der Waals surface area (Å²) in [5.41, 5.74) is 9.83. The van der Waals surface area contributed by atoms with Crippen LogP contribution < -0.4 is 10.6 Å². The zero-order valence-electron chi connectivity index (χ0n) is 10.3. The zero-order chi connectivity index (χ0) is 13.4. The van der Waals surface area contributed by atoms with Crippen LogP contribution in [-0.2, 0) is 6.54 Å². The highest BCUT2D eigenvalue weighted by atomic mass is 79.9. The summed E-state index contributed by atoms with van der Waals surface area (Å²) >= 11 is 9.53. The first-order valence-electron chi connectivity index (χ1n) is 6.18. The van der Waals surface area contributed by atoms with E-state index in [1.165, 1.54) is 16.8 Å². The Morgan fingerprint density at radius 2 is 2.11 bits per heavy atom. The zero-order valence-corrected chi connectivity index (χ0v) is 12.7. The summed E-state index contributed by atoms with van der Waals surface area (Å²) in [6.07, 6.45) is 0. The second-order valence-corrected chi connectivity index (χ2v) is 6.17. The lowest BCUT2D eigenvalue weighted by Crippen LogP contribution is -2.23. The Kier molecular flexibility index (Phi) is 3.52. The second kappa shape index (κ2) is 5.16. The van der Waals surface area contributed by atoms with Crippen molar-refractivity contribution in [1.82, 2.24) is 0 Å². The standard InChI is InChI=1S/C15H14BrClN2/c16-11-4-5-15-13(7-11)14(18)9-19(15)8-10-2-1-3-12(17)6-10/h1-7,14H,8-9,18H2. The van der Waals surface area contributed by atoms with Gasteiger partial charge in [0, 0.05) is 34.3 Å². The molecule has 1 unspecified atom stereocenters. The van der Waals surface area contributed by atoms with Crippen LogP contribution in [-0.4, -0.2) is 6.54 Å². The molecule has 0 radical (unpaired) electrons. The van der Waals surface area contributed by atoms with E-state index in [0.717, 1.165) is 22.6 Å². The highest BCUT2D eigenvalue weighted by Crippen LogP contribution is 2.36. The Bertz CT molecular complexity index is 615. The molecule has 2 aromatic carbocycles. The quantitative estimate of drug-likeness (QED) is 0.893. The Morgan fingerprint density at radius 3 is 2.89 bits per heavy atom. The average molecular weight is 338 g/mol. The van der Waals surface area contributed by atoms with E-state index in [4.69, 9.17) is 17.3 Å². The van der Waals surface area contributed by atoms with Crippen LogP contribution in [0, 0.1) is 0 Å². The molecular weight excluding hydrogens is 324 g/mol.